The molecule has 0 heterocycles. The molecule has 1 nitrogen and oxygen atoms in total. The van der Waals surface area contributed by atoms with Gasteiger partial charge in [-0.2, -0.15) is 0 Å². The molecule has 2 unspecified atom stereocenters. The van der Waals surface area contributed by atoms with Crippen molar-refractivity contribution in [2.45, 2.75) is 271 Å². The van der Waals surface area contributed by atoms with E-state index in [9.17, 15) is 13.9 Å². The molecule has 2 atom stereocenters. The second-order valence-electron chi connectivity index (χ2n) is 39.9. The summed E-state index contributed by atoms with van der Waals surface area (Å²) >= 11 is 6.17. The van der Waals surface area contributed by atoms with Gasteiger partial charge in [-0.15, -0.1) is 0 Å². The zero-order chi connectivity index (χ0) is 75.4. The van der Waals surface area contributed by atoms with Crippen LogP contribution in [0, 0.1) is 108 Å². The fraction of sp³-hybridized carbons (Fsp3) is 0.556. The van der Waals surface area contributed by atoms with Crippen LogP contribution in [0.1, 0.15) is 281 Å². The van der Waals surface area contributed by atoms with Crippen molar-refractivity contribution in [3.05, 3.63) is 237 Å². The molecule has 0 saturated heterocycles. The molecule has 0 radical (unpaired) electrons. The van der Waals surface area contributed by atoms with Crippen molar-refractivity contribution in [1.82, 2.24) is 0 Å². The minimum atomic E-state index is -2.67. The monoisotopic (exact) mass is 1410 g/mol. The summed E-state index contributed by atoms with van der Waals surface area (Å²) in [4.78, 5) is 0. The molecule has 558 valence electrons. The van der Waals surface area contributed by atoms with Gasteiger partial charge < -0.3 is 5.11 Å². The van der Waals surface area contributed by atoms with E-state index in [1.807, 2.05) is 13.0 Å². The highest BCUT2D eigenvalue weighted by atomic mass is 35.5. The molecule has 6 saturated carbocycles. The van der Waals surface area contributed by atoms with Crippen LogP contribution in [0.4, 0.5) is 8.78 Å². The minimum absolute atomic E-state index is 0.152. The van der Waals surface area contributed by atoms with Gasteiger partial charge in [-0.1, -0.05) is 317 Å². The van der Waals surface area contributed by atoms with Gasteiger partial charge in [0.25, 0.3) is 5.92 Å². The molecule has 103 heavy (non-hydrogen) atoms. The zero-order valence-corrected chi connectivity index (χ0v) is 68.8. The first-order chi connectivity index (χ1) is 47.9. The first kappa shape index (κ1) is 81.5. The van der Waals surface area contributed by atoms with Crippen LogP contribution >= 0.6 is 11.6 Å². The van der Waals surface area contributed by atoms with Crippen LogP contribution < -0.4 is 0 Å². The number of fused-ring (bicyclic) bond motifs is 2. The summed E-state index contributed by atoms with van der Waals surface area (Å²) in [6.07, 6.45) is 16.7. The van der Waals surface area contributed by atoms with E-state index in [0.29, 0.717) is 51.8 Å². The zero-order valence-electron chi connectivity index (χ0n) is 68.1. The third-order valence-corrected chi connectivity index (χ3v) is 26.3. The topological polar surface area (TPSA) is 20.2 Å². The Morgan fingerprint density at radius 2 is 0.786 bits per heavy atom. The van der Waals surface area contributed by atoms with E-state index < -0.39 is 17.4 Å². The van der Waals surface area contributed by atoms with Crippen molar-refractivity contribution in [2.75, 3.05) is 0 Å². The van der Waals surface area contributed by atoms with E-state index in [1.165, 1.54) is 119 Å². The van der Waals surface area contributed by atoms with E-state index in [0.717, 1.165) is 76.3 Å². The number of halogens is 3. The Morgan fingerprint density at radius 3 is 1.27 bits per heavy atom. The van der Waals surface area contributed by atoms with Crippen molar-refractivity contribution >= 4 is 33.1 Å². The number of aryl methyl sites for hydroxylation is 4. The number of alkyl halides is 2. The summed E-state index contributed by atoms with van der Waals surface area (Å²) in [6, 6.07) is 61.7. The maximum atomic E-state index is 14.3. The van der Waals surface area contributed by atoms with Gasteiger partial charge in [0, 0.05) is 16.5 Å². The lowest BCUT2D eigenvalue weighted by molar-refractivity contribution is -0.129. The van der Waals surface area contributed by atoms with Crippen molar-refractivity contribution in [3.63, 3.8) is 0 Å². The van der Waals surface area contributed by atoms with Crippen LogP contribution in [-0.4, -0.2) is 5.11 Å². The SMILES string of the molecule is CC(C)(C)C1CC(O)(c2ccc3ccccc3c2)C1.CC(C)(C)C1CC(c2ccc3ccccc3c2)C1.Cc1ccc(C2CC(C(C)(C)C)C2)cc1Cl.Cc1ccc(C2CCC(C(C)(C)C)C2)cc1.Cc1cccc(C(F)(F)C2CC(C(C)(C)C)C2)c1.Cc1cccc(CC2CC(C(C)(C)C)C2)c1. The first-order valence-corrected chi connectivity index (χ1v) is 40.3. The highest BCUT2D eigenvalue weighted by Gasteiger charge is 2.52. The van der Waals surface area contributed by atoms with Gasteiger partial charge >= 0.3 is 0 Å². The molecule has 1 N–H and O–H groups in total. The van der Waals surface area contributed by atoms with Gasteiger partial charge in [-0.05, 0) is 276 Å². The van der Waals surface area contributed by atoms with Crippen molar-refractivity contribution in [3.8, 4) is 0 Å². The average Bonchev–Trinajstić information content (AvgIpc) is 1.21. The number of rotatable bonds is 8. The third-order valence-electron chi connectivity index (χ3n) is 25.9. The van der Waals surface area contributed by atoms with Gasteiger partial charge in [-0.25, -0.2) is 8.78 Å². The summed E-state index contributed by atoms with van der Waals surface area (Å²) in [5.74, 6) is 4.78. The maximum absolute atomic E-state index is 14.3. The van der Waals surface area contributed by atoms with Gasteiger partial charge in [-0.3, -0.25) is 0 Å². The molecule has 0 aromatic heterocycles. The van der Waals surface area contributed by atoms with E-state index in [4.69, 9.17) is 11.6 Å². The fourth-order valence-corrected chi connectivity index (χ4v) is 17.2. The predicted octanol–water partition coefficient (Wildman–Crippen LogP) is 29.7. The van der Waals surface area contributed by atoms with Crippen LogP contribution in [0.3, 0.4) is 0 Å². The molecule has 6 fully saturated rings. The molecule has 8 aromatic rings. The molecule has 8 aromatic carbocycles. The summed E-state index contributed by atoms with van der Waals surface area (Å²) in [5, 5.41) is 16.9. The minimum Gasteiger partial charge on any atom is -0.385 e. The van der Waals surface area contributed by atoms with Crippen LogP contribution in [0.25, 0.3) is 21.5 Å². The van der Waals surface area contributed by atoms with Crippen LogP contribution in [0.5, 0.6) is 0 Å². The Bertz CT molecular complexity index is 4000. The van der Waals surface area contributed by atoms with Crippen molar-refractivity contribution in [2.24, 2.45) is 79.8 Å². The second-order valence-corrected chi connectivity index (χ2v) is 40.4. The summed E-state index contributed by atoms with van der Waals surface area (Å²) in [6.45, 7) is 49.9. The number of benzene rings is 8. The molecule has 0 aliphatic heterocycles. The molecule has 6 aliphatic rings. The number of aliphatic hydroxyl groups is 1. The Morgan fingerprint density at radius 1 is 0.359 bits per heavy atom. The highest BCUT2D eigenvalue weighted by molar-refractivity contribution is 6.31. The fourth-order valence-electron chi connectivity index (χ4n) is 17.0. The molecule has 0 spiro atoms. The van der Waals surface area contributed by atoms with Crippen LogP contribution in [-0.2, 0) is 17.9 Å². The lowest BCUT2D eigenvalue weighted by Crippen LogP contribution is -2.46. The maximum Gasteiger partial charge on any atom is 0.276 e. The Kier molecular flexibility index (Phi) is 26.0. The van der Waals surface area contributed by atoms with Crippen molar-refractivity contribution in [1.29, 1.82) is 0 Å². The standard InChI is InChI=1S/C18H22O.C18H22.C16H22F2.2C16H24.C15H21Cl/c1-17(2,3)16-11-18(19,12-16)15-9-8-13-6-4-5-7-14(13)10-15;1-18(2,3)17-11-16(12-17)15-9-8-13-6-4-5-7-14(13)10-15;1-11-6-5-7-12(8-11)16(17,18)14-9-13(10-14)15(2,3)4;1-12-5-7-13(8-6-12)14-9-10-15(11-14)16(2,3)4;1-12-6-5-7-13(8-12)9-14-10-15(11-14)16(2,3)4;1-10-5-6-11(9-14(10)16)12-7-13(8-12)15(2,3)4/h4-10,16,19H,11-12H2,1-3H3;4-10,16-17H,11-12H2,1-3H3;5-8,13-14H,9-10H2,1-4H3;2*5-8,14-15H,9-11H2,1-4H3;5-6,9,12-13H,7-8H2,1-4H3. The van der Waals surface area contributed by atoms with E-state index in [2.05, 4.69) is 297 Å². The first-order valence-electron chi connectivity index (χ1n) is 40.0. The molecular weight excluding hydrogens is 1280 g/mol. The van der Waals surface area contributed by atoms with E-state index >= 15 is 0 Å². The number of hydrogen-bond acceptors (Lipinski definition) is 1. The van der Waals surface area contributed by atoms with E-state index in [1.54, 1.807) is 23.8 Å². The van der Waals surface area contributed by atoms with Gasteiger partial charge in [0.05, 0.1) is 5.60 Å². The van der Waals surface area contributed by atoms with Gasteiger partial charge in [0.1, 0.15) is 0 Å². The second kappa shape index (κ2) is 32.9. The quantitative estimate of drug-likeness (QED) is 0.161. The molecular formula is C99H135ClF2O. The Balaban J connectivity index is 0.000000144. The molecule has 6 aliphatic carbocycles. The molecule has 0 amide bonds. The molecule has 0 bridgehead atoms. The number of hydrogen-bond donors (Lipinski definition) is 1. The molecule has 14 rings (SSSR count). The van der Waals surface area contributed by atoms with Crippen LogP contribution in [0.15, 0.2) is 176 Å². The summed E-state index contributed by atoms with van der Waals surface area (Å²) in [7, 11) is 0. The van der Waals surface area contributed by atoms with Gasteiger partial charge in [0.15, 0.2) is 0 Å². The normalized spacial score (nSPS) is 25.4. The molecule has 4 heteroatoms. The lowest BCUT2D eigenvalue weighted by atomic mass is 9.58. The largest absolute Gasteiger partial charge is 0.385 e. The summed E-state index contributed by atoms with van der Waals surface area (Å²) in [5.41, 5.74) is 13.9. The Labute approximate surface area is 631 Å². The highest BCUT2D eigenvalue weighted by Crippen LogP contribution is 2.57. The third kappa shape index (κ3) is 21.8. The summed E-state index contributed by atoms with van der Waals surface area (Å²) < 4.78 is 28.7. The van der Waals surface area contributed by atoms with Crippen LogP contribution in [0.2, 0.25) is 5.02 Å². The predicted molar refractivity (Wildman–Crippen MR) is 442 cm³/mol. The lowest BCUT2D eigenvalue weighted by Gasteiger charge is -2.50. The average molecular weight is 1410 g/mol. The van der Waals surface area contributed by atoms with Crippen molar-refractivity contribution < 1.29 is 13.9 Å². The smallest absolute Gasteiger partial charge is 0.276 e. The van der Waals surface area contributed by atoms with Gasteiger partial charge in [0.2, 0.25) is 0 Å². The Hall–Kier alpha value is -5.61. The van der Waals surface area contributed by atoms with E-state index in [-0.39, 0.29) is 11.0 Å².